The second-order valence-corrected chi connectivity index (χ2v) is 3.98. The largest absolute Gasteiger partial charge is 0.327 e. The van der Waals surface area contributed by atoms with Gasteiger partial charge in [-0.05, 0) is 0 Å². The van der Waals surface area contributed by atoms with Gasteiger partial charge in [-0.25, -0.2) is 8.42 Å². The molecule has 54 valence electrons. The molecule has 0 spiro atoms. The molecule has 0 bridgehead atoms. The van der Waals surface area contributed by atoms with E-state index in [9.17, 15) is 8.42 Å². The van der Waals surface area contributed by atoms with E-state index in [2.05, 4.69) is 0 Å². The Labute approximate surface area is 55.5 Å². The average molecular weight is 149 g/mol. The van der Waals surface area contributed by atoms with Gasteiger partial charge in [-0.1, -0.05) is 12.2 Å². The van der Waals surface area contributed by atoms with Crippen LogP contribution in [0.1, 0.15) is 0 Å². The van der Waals surface area contributed by atoms with Gasteiger partial charge in [-0.15, -0.1) is 0 Å². The molecule has 0 amide bonds. The third kappa shape index (κ3) is 7.65. The SMILES string of the molecule is CS(=O)(=O)C/C=C/CN. The standard InChI is InChI=1S/C5H11NO2S/c1-9(7,8)5-3-2-4-6/h2-3H,4-6H2,1H3/b3-2+. The van der Waals surface area contributed by atoms with Crippen molar-refractivity contribution in [3.05, 3.63) is 12.2 Å². The molecule has 3 nitrogen and oxygen atoms in total. The molecular weight excluding hydrogens is 138 g/mol. The molecule has 0 aromatic carbocycles. The van der Waals surface area contributed by atoms with Gasteiger partial charge < -0.3 is 5.73 Å². The topological polar surface area (TPSA) is 60.2 Å². The Hall–Kier alpha value is -0.350. The first-order chi connectivity index (χ1) is 4.06. The molecule has 2 N–H and O–H groups in total. The van der Waals surface area contributed by atoms with Gasteiger partial charge in [0.25, 0.3) is 0 Å². The normalized spacial score (nSPS) is 12.7. The lowest BCUT2D eigenvalue weighted by Gasteiger charge is -1.86. The average Bonchev–Trinajstić information content (AvgIpc) is 1.63. The van der Waals surface area contributed by atoms with Crippen molar-refractivity contribution in [2.75, 3.05) is 18.6 Å². The van der Waals surface area contributed by atoms with E-state index in [0.29, 0.717) is 6.54 Å². The Morgan fingerprint density at radius 2 is 2.00 bits per heavy atom. The van der Waals surface area contributed by atoms with Crippen molar-refractivity contribution in [2.45, 2.75) is 0 Å². The summed E-state index contributed by atoms with van der Waals surface area (Å²) in [6.45, 7) is 0.398. The van der Waals surface area contributed by atoms with Gasteiger partial charge in [0.1, 0.15) is 0 Å². The smallest absolute Gasteiger partial charge is 0.150 e. The predicted molar refractivity (Wildman–Crippen MR) is 37.9 cm³/mol. The van der Waals surface area contributed by atoms with E-state index in [-0.39, 0.29) is 5.75 Å². The molecule has 0 heterocycles. The monoisotopic (exact) mass is 149 g/mol. The van der Waals surface area contributed by atoms with Gasteiger partial charge in [-0.3, -0.25) is 0 Å². The summed E-state index contributed by atoms with van der Waals surface area (Å²) >= 11 is 0. The van der Waals surface area contributed by atoms with E-state index >= 15 is 0 Å². The Balaban J connectivity index is 3.65. The third-order valence-corrected chi connectivity index (χ3v) is 1.50. The Morgan fingerprint density at radius 1 is 1.44 bits per heavy atom. The van der Waals surface area contributed by atoms with Crippen molar-refractivity contribution in [1.82, 2.24) is 0 Å². The zero-order chi connectivity index (χ0) is 7.33. The zero-order valence-electron chi connectivity index (χ0n) is 5.37. The maximum absolute atomic E-state index is 10.4. The minimum absolute atomic E-state index is 0.0875. The highest BCUT2D eigenvalue weighted by Crippen LogP contribution is 1.82. The van der Waals surface area contributed by atoms with Crippen LogP contribution >= 0.6 is 0 Å². The molecule has 0 unspecified atom stereocenters. The lowest BCUT2D eigenvalue weighted by molar-refractivity contribution is 0.604. The molecule has 0 saturated heterocycles. The zero-order valence-corrected chi connectivity index (χ0v) is 6.19. The van der Waals surface area contributed by atoms with Crippen LogP contribution in [0.5, 0.6) is 0 Å². The van der Waals surface area contributed by atoms with Crippen LogP contribution < -0.4 is 5.73 Å². The fourth-order valence-electron chi connectivity index (χ4n) is 0.339. The summed E-state index contributed by atoms with van der Waals surface area (Å²) in [7, 11) is -2.84. The lowest BCUT2D eigenvalue weighted by Crippen LogP contribution is -2.00. The minimum atomic E-state index is -2.84. The van der Waals surface area contributed by atoms with Crippen molar-refractivity contribution in [1.29, 1.82) is 0 Å². The van der Waals surface area contributed by atoms with E-state index < -0.39 is 9.84 Å². The second kappa shape index (κ2) is 3.63. The first kappa shape index (κ1) is 8.65. The maximum atomic E-state index is 10.4. The van der Waals surface area contributed by atoms with Crippen LogP contribution in [0.15, 0.2) is 12.2 Å². The van der Waals surface area contributed by atoms with Crippen LogP contribution in [0.3, 0.4) is 0 Å². The molecule has 0 rings (SSSR count). The summed E-state index contributed by atoms with van der Waals surface area (Å²) < 4.78 is 20.8. The van der Waals surface area contributed by atoms with E-state index in [1.54, 1.807) is 12.2 Å². The van der Waals surface area contributed by atoms with Crippen LogP contribution in [0.2, 0.25) is 0 Å². The predicted octanol–water partition coefficient (Wildman–Crippen LogP) is -0.454. The van der Waals surface area contributed by atoms with Crippen LogP contribution in [0.25, 0.3) is 0 Å². The number of sulfone groups is 1. The van der Waals surface area contributed by atoms with Crippen molar-refractivity contribution in [3.8, 4) is 0 Å². The molecule has 0 aromatic rings. The fourth-order valence-corrected chi connectivity index (χ4v) is 0.825. The van der Waals surface area contributed by atoms with Gasteiger partial charge in [0.05, 0.1) is 5.75 Å². The molecule has 0 saturated carbocycles. The molecule has 0 aliphatic heterocycles. The van der Waals surface area contributed by atoms with Gasteiger partial charge in [0.2, 0.25) is 0 Å². The van der Waals surface area contributed by atoms with E-state index in [4.69, 9.17) is 5.73 Å². The third-order valence-electron chi connectivity index (χ3n) is 0.702. The Kier molecular flexibility index (Phi) is 3.49. The van der Waals surface area contributed by atoms with Crippen molar-refractivity contribution >= 4 is 9.84 Å². The van der Waals surface area contributed by atoms with Gasteiger partial charge in [-0.2, -0.15) is 0 Å². The van der Waals surface area contributed by atoms with Gasteiger partial charge >= 0.3 is 0 Å². The molecule has 0 fully saturated rings. The number of hydrogen-bond donors (Lipinski definition) is 1. The molecule has 4 heteroatoms. The number of rotatable bonds is 3. The van der Waals surface area contributed by atoms with Crippen molar-refractivity contribution < 1.29 is 8.42 Å². The van der Waals surface area contributed by atoms with Crippen LogP contribution in [0.4, 0.5) is 0 Å². The van der Waals surface area contributed by atoms with Crippen LogP contribution in [-0.4, -0.2) is 27.0 Å². The summed E-state index contributed by atoms with van der Waals surface area (Å²) in [5, 5.41) is 0. The van der Waals surface area contributed by atoms with Crippen molar-refractivity contribution in [3.63, 3.8) is 0 Å². The quantitative estimate of drug-likeness (QED) is 0.553. The number of nitrogens with two attached hydrogens (primary N) is 1. The van der Waals surface area contributed by atoms with E-state index in [1.165, 1.54) is 6.26 Å². The molecule has 0 aromatic heterocycles. The van der Waals surface area contributed by atoms with Crippen LogP contribution in [-0.2, 0) is 9.84 Å². The van der Waals surface area contributed by atoms with Crippen molar-refractivity contribution in [2.24, 2.45) is 5.73 Å². The fraction of sp³-hybridized carbons (Fsp3) is 0.600. The molecule has 0 radical (unpaired) electrons. The molecule has 9 heavy (non-hydrogen) atoms. The number of hydrogen-bond acceptors (Lipinski definition) is 3. The van der Waals surface area contributed by atoms with Gasteiger partial charge in [0, 0.05) is 12.8 Å². The second-order valence-electron chi connectivity index (χ2n) is 1.80. The summed E-state index contributed by atoms with van der Waals surface area (Å²) in [5.41, 5.74) is 5.08. The summed E-state index contributed by atoms with van der Waals surface area (Å²) in [5.74, 6) is 0.0875. The molecule has 0 atom stereocenters. The highest BCUT2D eigenvalue weighted by atomic mass is 32.2. The highest BCUT2D eigenvalue weighted by molar-refractivity contribution is 7.90. The highest BCUT2D eigenvalue weighted by Gasteiger charge is 1.94. The Bertz CT molecular complexity index is 181. The van der Waals surface area contributed by atoms with Crippen LogP contribution in [0, 0.1) is 0 Å². The summed E-state index contributed by atoms with van der Waals surface area (Å²) in [4.78, 5) is 0. The molecule has 0 aliphatic carbocycles. The lowest BCUT2D eigenvalue weighted by atomic mass is 10.5. The maximum Gasteiger partial charge on any atom is 0.150 e. The summed E-state index contributed by atoms with van der Waals surface area (Å²) in [6.07, 6.45) is 4.37. The van der Waals surface area contributed by atoms with Gasteiger partial charge in [0.15, 0.2) is 9.84 Å². The Morgan fingerprint density at radius 3 is 2.33 bits per heavy atom. The summed E-state index contributed by atoms with van der Waals surface area (Å²) in [6, 6.07) is 0. The molecular formula is C5H11NO2S. The molecule has 0 aliphatic rings. The first-order valence-electron chi connectivity index (χ1n) is 2.59. The first-order valence-corrected chi connectivity index (χ1v) is 4.65. The van der Waals surface area contributed by atoms with E-state index in [1.807, 2.05) is 0 Å². The van der Waals surface area contributed by atoms with E-state index in [0.717, 1.165) is 0 Å². The minimum Gasteiger partial charge on any atom is -0.327 e.